The highest BCUT2D eigenvalue weighted by atomic mass is 35.5. The van der Waals surface area contributed by atoms with E-state index in [4.69, 9.17) is 11.6 Å². The van der Waals surface area contributed by atoms with Gasteiger partial charge in [-0.1, -0.05) is 109 Å². The average Bonchev–Trinajstić information content (AvgIpc) is 3.52. The van der Waals surface area contributed by atoms with Crippen molar-refractivity contribution in [2.24, 2.45) is 0 Å². The summed E-state index contributed by atoms with van der Waals surface area (Å²) in [5.41, 5.74) is 11.1. The Morgan fingerprint density at radius 3 is 2.11 bits per heavy atom. The van der Waals surface area contributed by atoms with E-state index >= 15 is 0 Å². The molecule has 4 aromatic carbocycles. The Morgan fingerprint density at radius 1 is 0.745 bits per heavy atom. The van der Waals surface area contributed by atoms with Crippen LogP contribution in [0.15, 0.2) is 84.2 Å². The van der Waals surface area contributed by atoms with E-state index < -0.39 is 0 Å². The fourth-order valence-corrected chi connectivity index (χ4v) is 9.49. The fraction of sp³-hybridized carbons (Fsp3) is 0.395. The van der Waals surface area contributed by atoms with Gasteiger partial charge in [-0.3, -0.25) is 0 Å². The zero-order valence-electron chi connectivity index (χ0n) is 29.6. The summed E-state index contributed by atoms with van der Waals surface area (Å²) in [7, 11) is 0. The maximum atomic E-state index is 7.81. The topological polar surface area (TPSA) is 6.48 Å². The first-order valence-electron chi connectivity index (χ1n) is 17.3. The molecule has 2 heterocycles. The number of para-hydroxylation sites is 1. The Labute approximate surface area is 291 Å². The molecule has 0 saturated heterocycles. The molecule has 2 nitrogen and oxygen atoms in total. The number of thiophene rings is 1. The van der Waals surface area contributed by atoms with E-state index in [0.717, 1.165) is 28.5 Å². The van der Waals surface area contributed by atoms with E-state index in [1.165, 1.54) is 63.0 Å². The van der Waals surface area contributed by atoms with Crippen LogP contribution >= 0.6 is 22.9 Å². The Hall–Kier alpha value is -3.27. The highest BCUT2D eigenvalue weighted by molar-refractivity contribution is 7.17. The molecule has 47 heavy (non-hydrogen) atoms. The Bertz CT molecular complexity index is 1970. The summed E-state index contributed by atoms with van der Waals surface area (Å²) >= 11 is 9.61. The van der Waals surface area contributed by atoms with Crippen LogP contribution in [-0.2, 0) is 16.2 Å². The number of hydrogen-bond acceptors (Lipinski definition) is 3. The molecule has 1 fully saturated rings. The van der Waals surface area contributed by atoms with Gasteiger partial charge in [-0.05, 0) is 102 Å². The third-order valence-corrected chi connectivity index (χ3v) is 12.7. The first-order valence-corrected chi connectivity index (χ1v) is 18.5. The molecule has 0 amide bonds. The summed E-state index contributed by atoms with van der Waals surface area (Å²) in [5, 5.41) is 4.38. The van der Waals surface area contributed by atoms with Gasteiger partial charge in [-0.15, -0.1) is 11.3 Å². The van der Waals surface area contributed by atoms with Gasteiger partial charge >= 0.3 is 0 Å². The van der Waals surface area contributed by atoms with Crippen molar-refractivity contribution in [1.82, 2.24) is 0 Å². The van der Waals surface area contributed by atoms with Crippen molar-refractivity contribution < 1.29 is 0 Å². The molecular formula is C43H49ClN2S. The number of aryl methyl sites for hydroxylation is 1. The molecule has 5 aromatic rings. The largest absolute Gasteiger partial charge is 0.333 e. The molecule has 1 aromatic heterocycles. The van der Waals surface area contributed by atoms with Gasteiger partial charge < -0.3 is 9.80 Å². The molecule has 0 N–H and O–H groups in total. The lowest BCUT2D eigenvalue weighted by Gasteiger charge is -2.50. The second kappa shape index (κ2) is 11.1. The highest BCUT2D eigenvalue weighted by Gasteiger charge is 2.57. The van der Waals surface area contributed by atoms with Gasteiger partial charge in [0.15, 0.2) is 0 Å². The van der Waals surface area contributed by atoms with E-state index in [2.05, 4.69) is 156 Å². The third kappa shape index (κ3) is 5.11. The molecular weight excluding hydrogens is 612 g/mol. The monoisotopic (exact) mass is 660 g/mol. The maximum absolute atomic E-state index is 7.81. The van der Waals surface area contributed by atoms with Gasteiger partial charge in [0.1, 0.15) is 0 Å². The minimum atomic E-state index is -0.0699. The quantitative estimate of drug-likeness (QED) is 0.189. The van der Waals surface area contributed by atoms with Gasteiger partial charge in [0.25, 0.3) is 0 Å². The van der Waals surface area contributed by atoms with Gasteiger partial charge in [0.05, 0.1) is 27.6 Å². The normalized spacial score (nSPS) is 21.2. The van der Waals surface area contributed by atoms with Crippen molar-refractivity contribution in [2.75, 3.05) is 9.80 Å². The van der Waals surface area contributed by atoms with E-state index in [-0.39, 0.29) is 21.8 Å². The summed E-state index contributed by atoms with van der Waals surface area (Å²) in [6.45, 7) is 20.9. The van der Waals surface area contributed by atoms with E-state index in [1.807, 2.05) is 11.3 Å². The molecule has 1 aliphatic heterocycles. The third-order valence-electron chi connectivity index (χ3n) is 11.3. The number of hydrogen-bond donors (Lipinski definition) is 0. The standard InChI is InChI=1S/C43H49ClN2S/c1-28-24-35(39(44)36(25-28)46-34-15-11-10-14-33(34)42(8)22-12-13-23-43(42,46)9)45(31-19-16-29(17-20-31)40(2,3)4)37-27-47-38-21-18-30(26-32(37)38)41(5,6)7/h10-11,14-21,24-27H,12-13,22-23H2,1-9H3. The minimum Gasteiger partial charge on any atom is -0.333 e. The molecule has 1 aliphatic carbocycles. The van der Waals surface area contributed by atoms with Crippen LogP contribution in [-0.4, -0.2) is 5.54 Å². The SMILES string of the molecule is Cc1cc(N(c2ccc(C(C)(C)C)cc2)c2csc3ccc(C(C)(C)C)cc23)c(Cl)c(N2c3ccccc3C3(C)CCCCC23C)c1. The van der Waals surface area contributed by atoms with Crippen molar-refractivity contribution >= 4 is 61.5 Å². The fourth-order valence-electron chi connectivity index (χ4n) is 8.30. The molecule has 0 spiro atoms. The first-order chi connectivity index (χ1) is 22.1. The number of nitrogens with zero attached hydrogens (tertiary/aromatic N) is 2. The zero-order valence-corrected chi connectivity index (χ0v) is 31.2. The van der Waals surface area contributed by atoms with Crippen LogP contribution in [0.25, 0.3) is 10.1 Å². The molecule has 2 aliphatic rings. The van der Waals surface area contributed by atoms with Crippen LogP contribution in [0.1, 0.15) is 103 Å². The van der Waals surface area contributed by atoms with Crippen LogP contribution in [0.2, 0.25) is 5.02 Å². The molecule has 244 valence electrons. The zero-order chi connectivity index (χ0) is 33.5. The Morgan fingerprint density at radius 2 is 1.40 bits per heavy atom. The van der Waals surface area contributed by atoms with E-state index in [9.17, 15) is 0 Å². The Kier molecular flexibility index (Phi) is 7.65. The van der Waals surface area contributed by atoms with E-state index in [1.54, 1.807) is 0 Å². The molecule has 2 unspecified atom stereocenters. The van der Waals surface area contributed by atoms with Crippen molar-refractivity contribution in [3.05, 3.63) is 112 Å². The average molecular weight is 661 g/mol. The number of benzene rings is 4. The van der Waals surface area contributed by atoms with Crippen molar-refractivity contribution in [3.8, 4) is 0 Å². The minimum absolute atomic E-state index is 0.0476. The molecule has 0 radical (unpaired) electrons. The lowest BCUT2D eigenvalue weighted by atomic mass is 9.61. The smallest absolute Gasteiger partial charge is 0.0883 e. The number of rotatable bonds is 4. The summed E-state index contributed by atoms with van der Waals surface area (Å²) in [4.78, 5) is 5.03. The highest BCUT2D eigenvalue weighted by Crippen LogP contribution is 2.62. The van der Waals surface area contributed by atoms with Crippen molar-refractivity contribution in [1.29, 1.82) is 0 Å². The number of halogens is 1. The number of anilines is 5. The van der Waals surface area contributed by atoms with Gasteiger partial charge in [0, 0.05) is 32.3 Å². The van der Waals surface area contributed by atoms with Crippen LogP contribution in [0, 0.1) is 6.92 Å². The molecule has 2 atom stereocenters. The molecule has 1 saturated carbocycles. The van der Waals surface area contributed by atoms with Crippen molar-refractivity contribution in [3.63, 3.8) is 0 Å². The van der Waals surface area contributed by atoms with Crippen LogP contribution in [0.4, 0.5) is 28.4 Å². The van der Waals surface area contributed by atoms with Crippen LogP contribution < -0.4 is 9.80 Å². The van der Waals surface area contributed by atoms with Gasteiger partial charge in [-0.25, -0.2) is 0 Å². The lowest BCUT2D eigenvalue weighted by molar-refractivity contribution is 0.195. The lowest BCUT2D eigenvalue weighted by Crippen LogP contribution is -2.54. The molecule has 7 rings (SSSR count). The van der Waals surface area contributed by atoms with Crippen LogP contribution in [0.3, 0.4) is 0 Å². The second-order valence-corrected chi connectivity index (χ2v) is 17.8. The summed E-state index contributed by atoms with van der Waals surface area (Å²) < 4.78 is 1.28. The molecule has 4 heteroatoms. The first kappa shape index (κ1) is 32.3. The number of fused-ring (bicyclic) bond motifs is 4. The predicted octanol–water partition coefficient (Wildman–Crippen LogP) is 13.7. The summed E-state index contributed by atoms with van der Waals surface area (Å²) in [5.74, 6) is 0. The van der Waals surface area contributed by atoms with Crippen molar-refractivity contribution in [2.45, 2.75) is 110 Å². The van der Waals surface area contributed by atoms with Crippen LogP contribution in [0.5, 0.6) is 0 Å². The second-order valence-electron chi connectivity index (χ2n) is 16.5. The predicted molar refractivity (Wildman–Crippen MR) is 206 cm³/mol. The maximum Gasteiger partial charge on any atom is 0.0883 e. The summed E-state index contributed by atoms with van der Waals surface area (Å²) in [6, 6.07) is 29.8. The van der Waals surface area contributed by atoms with Gasteiger partial charge in [-0.2, -0.15) is 0 Å². The molecule has 0 bridgehead atoms. The Balaban J connectivity index is 1.48. The van der Waals surface area contributed by atoms with Gasteiger partial charge in [0.2, 0.25) is 0 Å². The summed E-state index contributed by atoms with van der Waals surface area (Å²) in [6.07, 6.45) is 4.83. The van der Waals surface area contributed by atoms with E-state index in [0.29, 0.717) is 0 Å².